The van der Waals surface area contributed by atoms with Crippen LogP contribution in [0.25, 0.3) is 65.7 Å². The number of ketones is 4. The molecule has 0 unspecified atom stereocenters. The summed E-state index contributed by atoms with van der Waals surface area (Å²) >= 11 is 0. The van der Waals surface area contributed by atoms with Gasteiger partial charge in [-0.3, -0.25) is 19.2 Å². The quantitative estimate of drug-likeness (QED) is 0.0217. The van der Waals surface area contributed by atoms with Crippen LogP contribution in [0.4, 0.5) is 0 Å². The molecule has 0 saturated heterocycles. The number of fused-ring (bicyclic) bond motifs is 6. The Bertz CT molecular complexity index is 5690. The minimum atomic E-state index is -0.416. The molecule has 114 heavy (non-hydrogen) atoms. The second-order valence-electron chi connectivity index (χ2n) is 27.3. The summed E-state index contributed by atoms with van der Waals surface area (Å²) < 4.78 is 8.43. The average Bonchev–Trinajstić information content (AvgIpc) is 1.66. The zero-order valence-electron chi connectivity index (χ0n) is 61.8. The van der Waals surface area contributed by atoms with Crippen LogP contribution in [-0.4, -0.2) is 97.5 Å². The van der Waals surface area contributed by atoms with E-state index >= 15 is 0 Å². The number of carbonyl (C=O) groups excluding carboxylic acids is 4. The summed E-state index contributed by atoms with van der Waals surface area (Å²) in [5.41, 5.74) is 14.8. The van der Waals surface area contributed by atoms with Crippen LogP contribution >= 0.6 is 0 Å². The van der Waals surface area contributed by atoms with Gasteiger partial charge in [0.2, 0.25) is 0 Å². The van der Waals surface area contributed by atoms with Crippen molar-refractivity contribution in [3.8, 4) is 0 Å². The lowest BCUT2D eigenvalue weighted by Gasteiger charge is -2.18. The third-order valence-corrected chi connectivity index (χ3v) is 20.2. The van der Waals surface area contributed by atoms with E-state index in [1.807, 2.05) is 341 Å². The Morgan fingerprint density at radius 1 is 0.281 bits per heavy atom. The Balaban J connectivity index is 0.000000132. The lowest BCUT2D eigenvalue weighted by Crippen LogP contribution is -2.31. The standard InChI is InChI=1S/2C25H22N4O.2C22H21N3O.2CH4/c2*30-25(20-16-27-21-11-5-4-10-19(20)21)24(18-8-2-1-3-9-18)26-14-15-29-17-28-22-12-6-7-13-23(22)29;2*26-22(19-16-24-20-11-5-4-10-18(19)20)21(17-8-2-1-3-9-17)23-12-15-25-13-6-7-14-25;;/h2*1-13,16-17,24,26-27H,14-15H2;2*1-11,13-14,16,21,23-24H,12,15H2;2*1H4/t2*24-;2*21-;;/m1010../s1. The van der Waals surface area contributed by atoms with Gasteiger partial charge in [0.25, 0.3) is 0 Å². The van der Waals surface area contributed by atoms with Crippen LogP contribution in [0.15, 0.2) is 353 Å². The van der Waals surface area contributed by atoms with Gasteiger partial charge in [-0.2, -0.15) is 0 Å². The summed E-state index contributed by atoms with van der Waals surface area (Å²) in [6, 6.07) is 93.8. The summed E-state index contributed by atoms with van der Waals surface area (Å²) in [7, 11) is 0. The number of imidazole rings is 2. The predicted molar refractivity (Wildman–Crippen MR) is 461 cm³/mol. The molecule has 0 aliphatic rings. The molecule has 0 bridgehead atoms. The van der Waals surface area contributed by atoms with E-state index in [4.69, 9.17) is 0 Å². The van der Waals surface area contributed by atoms with E-state index < -0.39 is 12.1 Å². The summed E-state index contributed by atoms with van der Waals surface area (Å²) in [6.45, 7) is 5.80. The Hall–Kier alpha value is -13.6. The van der Waals surface area contributed by atoms with Gasteiger partial charge in [-0.1, -0.05) is 233 Å². The van der Waals surface area contributed by atoms with Gasteiger partial charge in [-0.25, -0.2) is 9.97 Å². The molecule has 0 saturated carbocycles. The molecule has 0 spiro atoms. The maximum Gasteiger partial charge on any atom is 0.186 e. The Morgan fingerprint density at radius 2 is 0.518 bits per heavy atom. The fraction of sp³-hybridized carbons (Fsp3) is 0.146. The molecule has 8 heterocycles. The molecule has 0 amide bonds. The van der Waals surface area contributed by atoms with Crippen molar-refractivity contribution in [2.24, 2.45) is 0 Å². The summed E-state index contributed by atoms with van der Waals surface area (Å²) in [5, 5.41) is 17.7. The third kappa shape index (κ3) is 18.5. The molecule has 8 N–H and O–H groups in total. The summed E-state index contributed by atoms with van der Waals surface area (Å²) in [6.07, 6.45) is 19.1. The third-order valence-electron chi connectivity index (χ3n) is 20.2. The summed E-state index contributed by atoms with van der Waals surface area (Å²) in [5.74, 6) is 0.297. The number of aromatic nitrogens is 10. The highest BCUT2D eigenvalue weighted by Crippen LogP contribution is 2.30. The number of hydrogen-bond acceptors (Lipinski definition) is 10. The average molecular weight is 1510 g/mol. The van der Waals surface area contributed by atoms with Crippen molar-refractivity contribution in [3.63, 3.8) is 0 Å². The van der Waals surface area contributed by atoms with E-state index in [0.29, 0.717) is 37.3 Å². The first kappa shape index (κ1) is 78.5. The molecule has 18 aromatic rings. The van der Waals surface area contributed by atoms with Gasteiger partial charge in [0.15, 0.2) is 23.1 Å². The summed E-state index contributed by atoms with van der Waals surface area (Å²) in [4.78, 5) is 75.4. The van der Waals surface area contributed by atoms with Gasteiger partial charge in [-0.15, -0.1) is 0 Å². The number of benzene rings is 10. The highest BCUT2D eigenvalue weighted by atomic mass is 16.1. The van der Waals surface area contributed by atoms with Crippen molar-refractivity contribution in [1.29, 1.82) is 0 Å². The van der Waals surface area contributed by atoms with Gasteiger partial charge in [0.05, 0.1) is 58.9 Å². The molecule has 0 aliphatic carbocycles. The van der Waals surface area contributed by atoms with Gasteiger partial charge < -0.3 is 59.5 Å². The van der Waals surface area contributed by atoms with Crippen LogP contribution in [0.2, 0.25) is 0 Å². The topological polar surface area (TPSA) is 225 Å². The fourth-order valence-corrected chi connectivity index (χ4v) is 14.5. The van der Waals surface area contributed by atoms with Crippen molar-refractivity contribution in [1.82, 2.24) is 69.4 Å². The maximum atomic E-state index is 13.5. The van der Waals surface area contributed by atoms with Crippen molar-refractivity contribution < 1.29 is 19.2 Å². The van der Waals surface area contributed by atoms with Crippen LogP contribution in [0.5, 0.6) is 0 Å². The van der Waals surface area contributed by atoms with Crippen molar-refractivity contribution in [2.45, 2.75) is 65.2 Å². The van der Waals surface area contributed by atoms with E-state index in [2.05, 4.69) is 81.6 Å². The van der Waals surface area contributed by atoms with Crippen molar-refractivity contribution in [3.05, 3.63) is 398 Å². The number of aromatic amines is 4. The molecule has 572 valence electrons. The first-order chi connectivity index (χ1) is 55.3. The molecule has 18 rings (SSSR count). The number of Topliss-reactive ketones (excluding diaryl/α,β-unsaturated/α-hetero) is 4. The molecule has 0 aliphatic heterocycles. The van der Waals surface area contributed by atoms with E-state index in [1.54, 1.807) is 0 Å². The predicted octanol–water partition coefficient (Wildman–Crippen LogP) is 19.1. The zero-order chi connectivity index (χ0) is 76.2. The first-order valence-corrected chi connectivity index (χ1v) is 37.8. The van der Waals surface area contributed by atoms with Crippen molar-refractivity contribution >= 4 is 88.8 Å². The molecule has 18 heteroatoms. The molecule has 10 aromatic carbocycles. The molecular weight excluding hydrogens is 1410 g/mol. The molecule has 0 fully saturated rings. The number of carbonyl (C=O) groups is 4. The van der Waals surface area contributed by atoms with Gasteiger partial charge in [0, 0.05) is 168 Å². The highest BCUT2D eigenvalue weighted by molar-refractivity contribution is 6.13. The van der Waals surface area contributed by atoms with Crippen LogP contribution < -0.4 is 21.3 Å². The normalized spacial score (nSPS) is 12.1. The van der Waals surface area contributed by atoms with E-state index in [9.17, 15) is 19.2 Å². The minimum Gasteiger partial charge on any atom is -0.360 e. The van der Waals surface area contributed by atoms with Gasteiger partial charge >= 0.3 is 0 Å². The Morgan fingerprint density at radius 3 is 0.798 bits per heavy atom. The second-order valence-corrected chi connectivity index (χ2v) is 27.3. The number of H-pyrrole nitrogens is 4. The highest BCUT2D eigenvalue weighted by Gasteiger charge is 2.28. The Kier molecular flexibility index (Phi) is 26.4. The van der Waals surface area contributed by atoms with E-state index in [-0.39, 0.29) is 50.1 Å². The number of rotatable bonds is 28. The zero-order valence-corrected chi connectivity index (χ0v) is 61.8. The molecule has 0 radical (unpaired) electrons. The SMILES string of the molecule is C.C.O=C(c1c[nH]c2ccccc12)[C@@H](NCCn1cccc1)c1ccccc1.O=C(c1c[nH]c2ccccc12)[C@@H](NCCn1cnc2ccccc21)c1ccccc1.O=C(c1c[nH]c2ccccc12)[C@H](NCCn1cccc1)c1ccccc1.O=C(c1c[nH]c2ccccc12)[C@H](NCCn1cnc2ccccc21)c1ccccc1. The van der Waals surface area contributed by atoms with Crippen LogP contribution in [0.3, 0.4) is 0 Å². The lowest BCUT2D eigenvalue weighted by atomic mass is 9.97. The van der Waals surface area contributed by atoms with Gasteiger partial charge in [0.1, 0.15) is 0 Å². The number of nitrogens with one attached hydrogen (secondary N) is 8. The minimum absolute atomic E-state index is 0. The van der Waals surface area contributed by atoms with Crippen LogP contribution in [0, 0.1) is 0 Å². The second kappa shape index (κ2) is 38.3. The molecule has 8 aromatic heterocycles. The molecule has 18 nitrogen and oxygen atoms in total. The maximum absolute atomic E-state index is 13.5. The number of hydrogen-bond donors (Lipinski definition) is 8. The van der Waals surface area contributed by atoms with Crippen LogP contribution in [0.1, 0.15) is 103 Å². The van der Waals surface area contributed by atoms with Crippen molar-refractivity contribution in [2.75, 3.05) is 26.2 Å². The van der Waals surface area contributed by atoms with Gasteiger partial charge in [-0.05, 0) is 95.1 Å². The van der Waals surface area contributed by atoms with Crippen LogP contribution in [-0.2, 0) is 26.2 Å². The smallest absolute Gasteiger partial charge is 0.186 e. The first-order valence-electron chi connectivity index (χ1n) is 37.8. The Labute approximate surface area is 663 Å². The fourth-order valence-electron chi connectivity index (χ4n) is 14.5. The molecular formula is C96H94N14O4. The van der Waals surface area contributed by atoms with E-state index in [1.165, 1.54) is 0 Å². The molecule has 4 atom stereocenters. The lowest BCUT2D eigenvalue weighted by molar-refractivity contribution is 0.0936. The van der Waals surface area contributed by atoms with E-state index in [0.717, 1.165) is 125 Å². The largest absolute Gasteiger partial charge is 0.360 e. The monoisotopic (exact) mass is 1510 g/mol. The number of para-hydroxylation sites is 8. The number of nitrogens with zero attached hydrogens (tertiary/aromatic N) is 6.